The smallest absolute Gasteiger partial charge is 0.303 e. The standard InChI is InChI=1S/C35H36ClNO3S.C15H15N/c1-34(2,40)30-9-4-3-7-25(30)13-17-32(41-23-35(18-19-35)22-33(38)39)27-8-5-6-24(20-27)10-15-29-16-12-26-11-14-28(36)21-31(26)37-29;1-2-7-13(8-3-1)15-14-9-5-4-6-12(14)10-11-16-15/h3-12,14-16,20-21,32,40H,13,17-19,22-23H2,1-2H3,(H,38,39);1-9,15-16H,10-11H2/b15-10+;/t32-;/m1./s1. The van der Waals surface area contributed by atoms with E-state index in [2.05, 4.69) is 102 Å². The van der Waals surface area contributed by atoms with Crippen molar-refractivity contribution in [3.8, 4) is 0 Å². The highest BCUT2D eigenvalue weighted by atomic mass is 35.5. The van der Waals surface area contributed by atoms with Gasteiger partial charge in [0.15, 0.2) is 0 Å². The number of aromatic nitrogens is 1. The maximum absolute atomic E-state index is 11.5. The highest BCUT2D eigenvalue weighted by Crippen LogP contribution is 2.53. The first-order valence-corrected chi connectivity index (χ1v) is 21.3. The molecule has 0 spiro atoms. The molecule has 2 heterocycles. The number of pyridine rings is 1. The van der Waals surface area contributed by atoms with Crippen molar-refractivity contribution in [1.29, 1.82) is 0 Å². The van der Waals surface area contributed by atoms with Gasteiger partial charge in [-0.15, -0.1) is 0 Å². The molecule has 0 bridgehead atoms. The van der Waals surface area contributed by atoms with Gasteiger partial charge in [0.1, 0.15) is 0 Å². The Morgan fingerprint density at radius 2 is 1.67 bits per heavy atom. The number of nitrogens with zero attached hydrogens (tertiary/aromatic N) is 1. The number of halogens is 1. The van der Waals surface area contributed by atoms with Crippen LogP contribution in [0.2, 0.25) is 5.02 Å². The third-order valence-corrected chi connectivity index (χ3v) is 13.0. The molecule has 6 aromatic rings. The van der Waals surface area contributed by atoms with Crippen LogP contribution in [0.3, 0.4) is 0 Å². The number of hydrogen-bond donors (Lipinski definition) is 3. The van der Waals surface area contributed by atoms with Crippen LogP contribution in [0.15, 0.2) is 133 Å². The monoisotopic (exact) mass is 794 g/mol. The molecule has 0 saturated heterocycles. The molecule has 5 nitrogen and oxygen atoms in total. The largest absolute Gasteiger partial charge is 0.481 e. The number of aliphatic hydroxyl groups is 1. The van der Waals surface area contributed by atoms with Gasteiger partial charge in [0.25, 0.3) is 0 Å². The summed E-state index contributed by atoms with van der Waals surface area (Å²) in [5, 5.41) is 25.7. The van der Waals surface area contributed by atoms with Crippen molar-refractivity contribution in [2.24, 2.45) is 5.41 Å². The zero-order valence-electron chi connectivity index (χ0n) is 32.7. The van der Waals surface area contributed by atoms with E-state index in [-0.39, 0.29) is 17.1 Å². The summed E-state index contributed by atoms with van der Waals surface area (Å²) in [7, 11) is 0. The van der Waals surface area contributed by atoms with Crippen LogP contribution in [0.4, 0.5) is 0 Å². The maximum Gasteiger partial charge on any atom is 0.303 e. The molecule has 5 aromatic carbocycles. The highest BCUT2D eigenvalue weighted by Gasteiger charge is 2.44. The van der Waals surface area contributed by atoms with Gasteiger partial charge in [-0.2, -0.15) is 11.8 Å². The molecule has 0 amide bonds. The third-order valence-electron chi connectivity index (χ3n) is 11.1. The second-order valence-corrected chi connectivity index (χ2v) is 17.6. The van der Waals surface area contributed by atoms with Gasteiger partial charge in [0.2, 0.25) is 0 Å². The number of nitrogens with one attached hydrogen (secondary N) is 1. The zero-order chi connectivity index (χ0) is 39.8. The number of rotatable bonds is 13. The molecule has 3 N–H and O–H groups in total. The van der Waals surface area contributed by atoms with Crippen LogP contribution in [0, 0.1) is 5.41 Å². The number of carboxylic acid groups (broad SMARTS) is 1. The molecule has 292 valence electrons. The molecule has 2 aliphatic rings. The molecule has 1 aromatic heterocycles. The number of carbonyl (C=O) groups is 1. The Kier molecular flexibility index (Phi) is 13.0. The summed E-state index contributed by atoms with van der Waals surface area (Å²) in [4.78, 5) is 16.2. The molecule has 1 aliphatic heterocycles. The minimum Gasteiger partial charge on any atom is -0.481 e. The second-order valence-electron chi connectivity index (χ2n) is 15.9. The fourth-order valence-electron chi connectivity index (χ4n) is 7.81. The van der Waals surface area contributed by atoms with Crippen LogP contribution in [0.25, 0.3) is 23.1 Å². The quantitative estimate of drug-likeness (QED) is 0.108. The number of aryl methyl sites for hydroxylation is 1. The Labute approximate surface area is 346 Å². The summed E-state index contributed by atoms with van der Waals surface area (Å²) in [6.45, 7) is 4.72. The minimum absolute atomic E-state index is 0.0814. The number of hydrogen-bond acceptors (Lipinski definition) is 5. The molecule has 1 saturated carbocycles. The summed E-state index contributed by atoms with van der Waals surface area (Å²) < 4.78 is 0. The first kappa shape index (κ1) is 40.5. The molecular formula is C50H51ClN2O3S. The average molecular weight is 795 g/mol. The van der Waals surface area contributed by atoms with E-state index in [1.165, 1.54) is 22.3 Å². The minimum atomic E-state index is -0.911. The topological polar surface area (TPSA) is 82.5 Å². The van der Waals surface area contributed by atoms with E-state index in [1.54, 1.807) is 0 Å². The highest BCUT2D eigenvalue weighted by molar-refractivity contribution is 7.99. The van der Waals surface area contributed by atoms with Gasteiger partial charge in [-0.05, 0) is 115 Å². The number of fused-ring (bicyclic) bond motifs is 2. The fourth-order valence-corrected chi connectivity index (χ4v) is 9.54. The van der Waals surface area contributed by atoms with E-state index in [0.717, 1.165) is 77.7 Å². The lowest BCUT2D eigenvalue weighted by Crippen LogP contribution is -2.30. The van der Waals surface area contributed by atoms with E-state index in [9.17, 15) is 15.0 Å². The van der Waals surface area contributed by atoms with Crippen LogP contribution in [0.1, 0.15) is 95.5 Å². The van der Waals surface area contributed by atoms with Gasteiger partial charge in [-0.25, -0.2) is 4.98 Å². The third kappa shape index (κ3) is 10.8. The van der Waals surface area contributed by atoms with E-state index in [4.69, 9.17) is 16.6 Å². The lowest BCUT2D eigenvalue weighted by Gasteiger charge is -2.27. The molecule has 1 unspecified atom stereocenters. The van der Waals surface area contributed by atoms with Gasteiger partial charge < -0.3 is 15.5 Å². The van der Waals surface area contributed by atoms with Crippen LogP contribution in [0.5, 0.6) is 0 Å². The summed E-state index contributed by atoms with van der Waals surface area (Å²) in [5.41, 5.74) is 9.42. The van der Waals surface area contributed by atoms with Gasteiger partial charge in [-0.3, -0.25) is 4.79 Å². The Morgan fingerprint density at radius 1 is 0.912 bits per heavy atom. The van der Waals surface area contributed by atoms with Crippen molar-refractivity contribution >= 4 is 52.4 Å². The van der Waals surface area contributed by atoms with Crippen molar-refractivity contribution in [3.63, 3.8) is 0 Å². The van der Waals surface area contributed by atoms with Gasteiger partial charge in [0, 0.05) is 28.0 Å². The predicted octanol–water partition coefficient (Wildman–Crippen LogP) is 11.9. The van der Waals surface area contributed by atoms with Crippen LogP contribution in [-0.2, 0) is 23.2 Å². The molecule has 2 atom stereocenters. The second kappa shape index (κ2) is 18.3. The van der Waals surface area contributed by atoms with Crippen LogP contribution < -0.4 is 5.32 Å². The maximum atomic E-state index is 11.5. The van der Waals surface area contributed by atoms with E-state index in [0.29, 0.717) is 11.1 Å². The molecule has 0 radical (unpaired) electrons. The lowest BCUT2D eigenvalue weighted by molar-refractivity contribution is -0.138. The summed E-state index contributed by atoms with van der Waals surface area (Å²) in [5.74, 6) is 0.122. The number of aliphatic carboxylic acids is 1. The van der Waals surface area contributed by atoms with Crippen LogP contribution in [-0.4, -0.2) is 33.5 Å². The Bertz CT molecular complexity index is 2330. The molecule has 7 heteroatoms. The predicted molar refractivity (Wildman–Crippen MR) is 238 cm³/mol. The number of benzene rings is 5. The molecule has 1 aliphatic carbocycles. The van der Waals surface area contributed by atoms with Gasteiger partial charge in [0.05, 0.1) is 29.3 Å². The Balaban J connectivity index is 0.000000256. The average Bonchev–Trinajstić information content (AvgIpc) is 3.98. The summed E-state index contributed by atoms with van der Waals surface area (Å²) in [6.07, 6.45) is 9.16. The Hall–Kier alpha value is -4.72. The lowest BCUT2D eigenvalue weighted by atomic mass is 9.90. The van der Waals surface area contributed by atoms with E-state index >= 15 is 0 Å². The molecule has 57 heavy (non-hydrogen) atoms. The summed E-state index contributed by atoms with van der Waals surface area (Å²) in [6, 6.07) is 46.2. The first-order chi connectivity index (χ1) is 27.5. The molecule has 1 fully saturated rings. The van der Waals surface area contributed by atoms with Crippen LogP contribution >= 0.6 is 23.4 Å². The first-order valence-electron chi connectivity index (χ1n) is 19.9. The van der Waals surface area contributed by atoms with Crippen molar-refractivity contribution in [1.82, 2.24) is 10.3 Å². The van der Waals surface area contributed by atoms with E-state index in [1.807, 2.05) is 74.1 Å². The molecule has 8 rings (SSSR count). The summed E-state index contributed by atoms with van der Waals surface area (Å²) >= 11 is 8.04. The normalized spacial score (nSPS) is 16.4. The molecular weight excluding hydrogens is 744 g/mol. The SMILES string of the molecule is CC(C)(O)c1ccccc1CC[C@@H](SCC1(CC(=O)O)CC1)c1cccc(/C=C/c2ccc3ccc(Cl)cc3n2)c1.c1ccc(C2NCCc3ccccc32)cc1. The van der Waals surface area contributed by atoms with Gasteiger partial charge in [-0.1, -0.05) is 133 Å². The van der Waals surface area contributed by atoms with E-state index < -0.39 is 11.6 Å². The number of carboxylic acids is 1. The van der Waals surface area contributed by atoms with Gasteiger partial charge >= 0.3 is 5.97 Å². The van der Waals surface area contributed by atoms with Crippen molar-refractivity contribution in [3.05, 3.63) is 183 Å². The van der Waals surface area contributed by atoms with Crippen molar-refractivity contribution < 1.29 is 15.0 Å². The van der Waals surface area contributed by atoms with Crippen molar-refractivity contribution in [2.75, 3.05) is 12.3 Å². The van der Waals surface area contributed by atoms with Crippen molar-refractivity contribution in [2.45, 2.75) is 69.3 Å². The Morgan fingerprint density at radius 3 is 2.46 bits per heavy atom. The zero-order valence-corrected chi connectivity index (χ0v) is 34.3. The fraction of sp³-hybridized carbons (Fsp3) is 0.280. The number of thioether (sulfide) groups is 1.